The molecule has 8 heavy (non-hydrogen) atoms. The van der Waals surface area contributed by atoms with Crippen molar-refractivity contribution in [1.29, 1.82) is 0 Å². The quantitative estimate of drug-likeness (QED) is 0.549. The number of nitrogens with two attached hydrogens (primary N) is 1. The minimum Gasteiger partial charge on any atom is -0.693 e. The molecule has 0 aromatic rings. The van der Waals surface area contributed by atoms with Crippen molar-refractivity contribution in [3.05, 3.63) is 12.6 Å². The molecule has 0 radical (unpaired) electrons. The van der Waals surface area contributed by atoms with E-state index in [9.17, 15) is 0 Å². The molecular formula is C3H9Cl3CrN-2. The van der Waals surface area contributed by atoms with Crippen LogP contribution in [0.3, 0.4) is 0 Å². The van der Waals surface area contributed by atoms with Gasteiger partial charge in [-0.25, -0.2) is 0 Å². The standard InChI is InChI=1S/C3H7.3ClH.Cr.H2N/c1-3-2;;;;;/h3H,1-2H3;3*1H;;1H2/q-1;;;;+3;-1/p-3. The van der Waals surface area contributed by atoms with Crippen LogP contribution < -0.4 is 0 Å². The van der Waals surface area contributed by atoms with E-state index >= 15 is 0 Å². The van der Waals surface area contributed by atoms with E-state index in [0.29, 0.717) is 0 Å². The van der Waals surface area contributed by atoms with Gasteiger partial charge in [-0.05, 0) is 0 Å². The van der Waals surface area contributed by atoms with Crippen LogP contribution in [0, 0.1) is 6.42 Å². The molecule has 0 bridgehead atoms. The number of hydrogen-bond acceptors (Lipinski definition) is 0. The molecule has 0 heterocycles. The van der Waals surface area contributed by atoms with Crippen molar-refractivity contribution in [1.82, 2.24) is 0 Å². The van der Waals surface area contributed by atoms with E-state index in [1.807, 2.05) is 20.3 Å². The Morgan fingerprint density at radius 3 is 1.12 bits per heavy atom. The van der Waals surface area contributed by atoms with Gasteiger partial charge in [0.2, 0.25) is 0 Å². The zero-order valence-electron chi connectivity index (χ0n) is 4.70. The van der Waals surface area contributed by atoms with Crippen molar-refractivity contribution in [2.75, 3.05) is 0 Å². The molecule has 0 rings (SSSR count). The molecule has 0 aliphatic heterocycles. The van der Waals surface area contributed by atoms with Gasteiger partial charge in [0.1, 0.15) is 0 Å². The van der Waals surface area contributed by atoms with E-state index in [4.69, 9.17) is 30.1 Å². The third kappa shape index (κ3) is 161. The molecule has 0 atom stereocenters. The SMILES string of the molecule is C[CH-]C.[Cl][Cr]([Cl])[Cl].[NH2-]. The molecular weight excluding hydrogens is 208 g/mol. The molecule has 0 aliphatic rings. The monoisotopic (exact) mass is 216 g/mol. The van der Waals surface area contributed by atoms with E-state index in [0.717, 1.165) is 0 Å². The molecule has 2 N–H and O–H groups in total. The van der Waals surface area contributed by atoms with Gasteiger partial charge in [0.15, 0.2) is 0 Å². The van der Waals surface area contributed by atoms with E-state index in [-0.39, 0.29) is 6.15 Å². The van der Waals surface area contributed by atoms with Crippen LogP contribution in [0.15, 0.2) is 0 Å². The third-order valence-corrected chi connectivity index (χ3v) is 0. The van der Waals surface area contributed by atoms with Crippen molar-refractivity contribution in [2.24, 2.45) is 0 Å². The van der Waals surface area contributed by atoms with Gasteiger partial charge in [-0.1, -0.05) is 0 Å². The Hall–Kier alpha value is 1.36. The molecule has 55 valence electrons. The van der Waals surface area contributed by atoms with Crippen LogP contribution in [0.4, 0.5) is 0 Å². The predicted octanol–water partition coefficient (Wildman–Crippen LogP) is 4.01. The maximum absolute atomic E-state index is 4.93. The summed E-state index contributed by atoms with van der Waals surface area (Å²) in [6.07, 6.45) is 2.00. The van der Waals surface area contributed by atoms with E-state index in [1.165, 1.54) is 0 Å². The summed E-state index contributed by atoms with van der Waals surface area (Å²) in [6.45, 7) is 4.00. The predicted molar refractivity (Wildman–Crippen MR) is 38.5 cm³/mol. The van der Waals surface area contributed by atoms with E-state index in [1.54, 1.807) is 0 Å². The summed E-state index contributed by atoms with van der Waals surface area (Å²) in [6, 6.07) is 0. The van der Waals surface area contributed by atoms with Gasteiger partial charge in [-0.15, -0.1) is 0 Å². The molecule has 1 nitrogen and oxygen atoms in total. The van der Waals surface area contributed by atoms with Gasteiger partial charge >= 0.3 is 41.5 Å². The van der Waals surface area contributed by atoms with Crippen LogP contribution in [0.5, 0.6) is 0 Å². The minimum atomic E-state index is -1.62. The average Bonchev–Trinajstić information content (AvgIpc) is 1.33. The Labute approximate surface area is 67.9 Å². The molecule has 0 spiro atoms. The fourth-order valence-electron chi connectivity index (χ4n) is 0. The summed E-state index contributed by atoms with van der Waals surface area (Å²) < 4.78 is 0. The number of rotatable bonds is 0. The summed E-state index contributed by atoms with van der Waals surface area (Å²) >= 11 is -1.62. The Morgan fingerprint density at radius 2 is 1.12 bits per heavy atom. The van der Waals surface area contributed by atoms with Gasteiger partial charge in [0, 0.05) is 0 Å². The third-order valence-electron chi connectivity index (χ3n) is 0. The Morgan fingerprint density at radius 1 is 1.12 bits per heavy atom. The second kappa shape index (κ2) is 15.8. The summed E-state index contributed by atoms with van der Waals surface area (Å²) in [5.41, 5.74) is 0. The molecule has 0 aromatic heterocycles. The molecule has 0 aliphatic carbocycles. The zero-order chi connectivity index (χ0) is 6.28. The van der Waals surface area contributed by atoms with Crippen molar-refractivity contribution < 1.29 is 11.4 Å². The summed E-state index contributed by atoms with van der Waals surface area (Å²) in [7, 11) is 14.8. The van der Waals surface area contributed by atoms with Crippen LogP contribution in [-0.4, -0.2) is 0 Å². The van der Waals surface area contributed by atoms with Gasteiger partial charge in [-0.3, -0.25) is 0 Å². The average molecular weight is 217 g/mol. The molecule has 0 saturated carbocycles. The fraction of sp³-hybridized carbons (Fsp3) is 0.667. The van der Waals surface area contributed by atoms with Gasteiger partial charge < -0.3 is 12.6 Å². The second-order valence-electron chi connectivity index (χ2n) is 0.752. The first-order chi connectivity index (χ1) is 3.15. The topological polar surface area (TPSA) is 33.5 Å². The molecule has 0 aromatic carbocycles. The van der Waals surface area contributed by atoms with Gasteiger partial charge in [0.25, 0.3) is 0 Å². The van der Waals surface area contributed by atoms with Crippen molar-refractivity contribution >= 4 is 30.1 Å². The molecule has 0 fully saturated rings. The van der Waals surface area contributed by atoms with E-state index < -0.39 is 11.4 Å². The second-order valence-corrected chi connectivity index (χ2v) is 7.07. The van der Waals surface area contributed by atoms with Gasteiger partial charge in [0.05, 0.1) is 0 Å². The summed E-state index contributed by atoms with van der Waals surface area (Å²) in [4.78, 5) is 0. The van der Waals surface area contributed by atoms with Crippen LogP contribution >= 0.6 is 30.1 Å². The number of hydrogen-bond donors (Lipinski definition) is 0. The van der Waals surface area contributed by atoms with Crippen molar-refractivity contribution in [2.45, 2.75) is 13.8 Å². The molecule has 0 saturated heterocycles. The molecule has 0 amide bonds. The normalized spacial score (nSPS) is 6.75. The van der Waals surface area contributed by atoms with Crippen molar-refractivity contribution in [3.8, 4) is 0 Å². The Kier molecular flexibility index (Phi) is 31.9. The smallest absolute Gasteiger partial charge is 0.693 e. The molecule has 5 heteroatoms. The first-order valence-corrected chi connectivity index (χ1v) is 6.88. The van der Waals surface area contributed by atoms with Crippen molar-refractivity contribution in [3.63, 3.8) is 0 Å². The van der Waals surface area contributed by atoms with Gasteiger partial charge in [-0.2, -0.15) is 13.8 Å². The van der Waals surface area contributed by atoms with Crippen LogP contribution in [0.25, 0.3) is 6.15 Å². The maximum Gasteiger partial charge on any atom is -0.693 e. The number of halogens is 3. The van der Waals surface area contributed by atoms with E-state index in [2.05, 4.69) is 0 Å². The molecule has 0 unspecified atom stereocenters. The Balaban J connectivity index is -0.0000000575. The Bertz CT molecular complexity index is 25.7. The first-order valence-electron chi connectivity index (χ1n) is 1.62. The van der Waals surface area contributed by atoms with Crippen LogP contribution in [0.2, 0.25) is 0 Å². The summed E-state index contributed by atoms with van der Waals surface area (Å²) in [5, 5.41) is 0. The summed E-state index contributed by atoms with van der Waals surface area (Å²) in [5.74, 6) is 0. The largest absolute Gasteiger partial charge is 0.693 e. The maximum atomic E-state index is 4.93. The van der Waals surface area contributed by atoms with Crippen LogP contribution in [-0.2, 0) is 11.4 Å². The fourth-order valence-corrected chi connectivity index (χ4v) is 0. The minimum absolute atomic E-state index is 0. The first kappa shape index (κ1) is 16.2. The zero-order valence-corrected chi connectivity index (χ0v) is 8.24. The van der Waals surface area contributed by atoms with Crippen LogP contribution in [0.1, 0.15) is 13.8 Å².